The van der Waals surface area contributed by atoms with E-state index in [1.807, 2.05) is 0 Å². The Bertz CT molecular complexity index is 365. The molecule has 1 aromatic carbocycles. The number of Topliss-reactive ketones (excluding diaryl/α,β-unsaturated/α-hetero) is 1. The fraction of sp³-hybridized carbons (Fsp3) is 0.200. The Morgan fingerprint density at radius 2 is 1.93 bits per heavy atom. The summed E-state index contributed by atoms with van der Waals surface area (Å²) in [5, 5.41) is 11.1. The minimum atomic E-state index is -0.955. The van der Waals surface area contributed by atoms with E-state index in [9.17, 15) is 9.59 Å². The molecule has 0 aliphatic heterocycles. The van der Waals surface area contributed by atoms with Crippen molar-refractivity contribution < 1.29 is 44.3 Å². The molecule has 0 saturated heterocycles. The zero-order valence-corrected chi connectivity index (χ0v) is 10.8. The number of aliphatic carboxylic acids is 1. The fourth-order valence-electron chi connectivity index (χ4n) is 1.12. The summed E-state index contributed by atoms with van der Waals surface area (Å²) in [6, 6.07) is 6.82. The van der Waals surface area contributed by atoms with Crippen molar-refractivity contribution in [2.24, 2.45) is 0 Å². The summed E-state index contributed by atoms with van der Waals surface area (Å²) in [5.74, 6) is -1.04. The molecule has 0 unspecified atom stereocenters. The molecule has 1 aromatic rings. The van der Waals surface area contributed by atoms with Gasteiger partial charge in [0.25, 0.3) is 0 Å². The van der Waals surface area contributed by atoms with Crippen LogP contribution in [0, 0.1) is 0 Å². The molecule has 1 rings (SSSR count). The molecular weight excluding hydrogens is 205 g/mol. The first kappa shape index (κ1) is 14.2. The number of ketones is 1. The molecule has 0 saturated carbocycles. The average molecular weight is 216 g/mol. The Labute approximate surface area is 110 Å². The van der Waals surface area contributed by atoms with Crippen molar-refractivity contribution in [3.8, 4) is 0 Å². The predicted molar refractivity (Wildman–Crippen MR) is 52.6 cm³/mol. The van der Waals surface area contributed by atoms with Crippen LogP contribution in [0.15, 0.2) is 24.3 Å². The Balaban J connectivity index is 0.00000196. The molecule has 74 valence electrons. The van der Waals surface area contributed by atoms with Gasteiger partial charge in [-0.25, -0.2) is 0 Å². The molecule has 4 nitrogen and oxygen atoms in total. The van der Waals surface area contributed by atoms with E-state index >= 15 is 0 Å². The van der Waals surface area contributed by atoms with Crippen LogP contribution in [0.25, 0.3) is 0 Å². The van der Waals surface area contributed by atoms with Gasteiger partial charge in [-0.15, -0.1) is 0 Å². The monoisotopic (exact) mass is 216 g/mol. The number of carbonyl (C=O) groups is 2. The Morgan fingerprint density at radius 1 is 1.33 bits per heavy atom. The molecule has 0 bridgehead atoms. The van der Waals surface area contributed by atoms with Gasteiger partial charge in [0.1, 0.15) is 6.54 Å². The van der Waals surface area contributed by atoms with Gasteiger partial charge < -0.3 is 10.4 Å². The molecule has 0 aliphatic carbocycles. The van der Waals surface area contributed by atoms with E-state index in [1.54, 1.807) is 24.3 Å². The molecule has 0 fully saturated rings. The minimum Gasteiger partial charge on any atom is -0.480 e. The average Bonchev–Trinajstić information content (AvgIpc) is 2.15. The third kappa shape index (κ3) is 4.46. The summed E-state index contributed by atoms with van der Waals surface area (Å²) in [7, 11) is 0. The summed E-state index contributed by atoms with van der Waals surface area (Å²) >= 11 is 0. The van der Waals surface area contributed by atoms with E-state index in [0.717, 1.165) is 0 Å². The van der Waals surface area contributed by atoms with E-state index in [-0.39, 0.29) is 41.9 Å². The first-order valence-electron chi connectivity index (χ1n) is 4.17. The van der Waals surface area contributed by atoms with Crippen molar-refractivity contribution in [3.05, 3.63) is 29.8 Å². The minimum absolute atomic E-state index is 0. The second kappa shape index (κ2) is 6.61. The van der Waals surface area contributed by atoms with Crippen LogP contribution in [0.4, 0.5) is 5.69 Å². The SMILES string of the molecule is CC(=O)c1ccccc1NCC(=O)O.[Na+]. The number of hydrogen-bond donors (Lipinski definition) is 2. The largest absolute Gasteiger partial charge is 1.00 e. The molecule has 15 heavy (non-hydrogen) atoms. The summed E-state index contributed by atoms with van der Waals surface area (Å²) in [4.78, 5) is 21.4. The van der Waals surface area contributed by atoms with Crippen LogP contribution >= 0.6 is 0 Å². The molecule has 0 spiro atoms. The zero-order chi connectivity index (χ0) is 10.6. The summed E-state index contributed by atoms with van der Waals surface area (Å²) in [6.07, 6.45) is 0. The van der Waals surface area contributed by atoms with Gasteiger partial charge in [0.05, 0.1) is 0 Å². The Morgan fingerprint density at radius 3 is 2.47 bits per heavy atom. The van der Waals surface area contributed by atoms with Crippen LogP contribution in [0.2, 0.25) is 0 Å². The Kier molecular flexibility index (Phi) is 6.24. The number of hydrogen-bond acceptors (Lipinski definition) is 3. The van der Waals surface area contributed by atoms with Gasteiger partial charge in [-0.05, 0) is 19.1 Å². The van der Waals surface area contributed by atoms with Crippen LogP contribution in [0.3, 0.4) is 0 Å². The summed E-state index contributed by atoms with van der Waals surface area (Å²) in [5.41, 5.74) is 1.07. The number of para-hydroxylation sites is 1. The van der Waals surface area contributed by atoms with E-state index < -0.39 is 5.97 Å². The molecule has 0 radical (unpaired) electrons. The normalized spacial score (nSPS) is 8.87. The first-order chi connectivity index (χ1) is 6.61. The maximum absolute atomic E-state index is 11.1. The van der Waals surface area contributed by atoms with Crippen molar-refractivity contribution in [3.63, 3.8) is 0 Å². The van der Waals surface area contributed by atoms with Gasteiger partial charge in [0.2, 0.25) is 0 Å². The molecule has 0 aliphatic rings. The number of carboxylic acids is 1. The van der Waals surface area contributed by atoms with E-state index in [0.29, 0.717) is 11.3 Å². The third-order valence-corrected chi connectivity index (χ3v) is 1.74. The molecule has 2 N–H and O–H groups in total. The van der Waals surface area contributed by atoms with E-state index in [1.165, 1.54) is 6.92 Å². The maximum Gasteiger partial charge on any atom is 1.00 e. The Hall–Kier alpha value is -0.840. The number of rotatable bonds is 4. The van der Waals surface area contributed by atoms with Crippen LogP contribution in [-0.4, -0.2) is 23.4 Å². The quantitative estimate of drug-likeness (QED) is 0.469. The maximum atomic E-state index is 11.1. The van der Waals surface area contributed by atoms with Crippen LogP contribution < -0.4 is 34.9 Å². The van der Waals surface area contributed by atoms with Crippen LogP contribution in [0.1, 0.15) is 17.3 Å². The van der Waals surface area contributed by atoms with Crippen molar-refractivity contribution in [1.82, 2.24) is 0 Å². The van der Waals surface area contributed by atoms with Gasteiger partial charge in [-0.2, -0.15) is 0 Å². The molecular formula is C10H11NNaO3+. The molecule has 0 amide bonds. The van der Waals surface area contributed by atoms with Gasteiger partial charge in [0, 0.05) is 11.3 Å². The number of carbonyl (C=O) groups excluding carboxylic acids is 1. The number of carboxylic acid groups (broad SMARTS) is 1. The van der Waals surface area contributed by atoms with Gasteiger partial charge in [-0.1, -0.05) is 12.1 Å². The summed E-state index contributed by atoms with van der Waals surface area (Å²) in [6.45, 7) is 1.26. The van der Waals surface area contributed by atoms with Crippen molar-refractivity contribution in [2.75, 3.05) is 11.9 Å². The smallest absolute Gasteiger partial charge is 0.480 e. The first-order valence-corrected chi connectivity index (χ1v) is 4.17. The van der Waals surface area contributed by atoms with Gasteiger partial charge >= 0.3 is 35.5 Å². The summed E-state index contributed by atoms with van der Waals surface area (Å²) < 4.78 is 0. The van der Waals surface area contributed by atoms with Crippen molar-refractivity contribution >= 4 is 17.4 Å². The second-order valence-corrected chi connectivity index (χ2v) is 2.85. The van der Waals surface area contributed by atoms with E-state index in [2.05, 4.69) is 5.32 Å². The van der Waals surface area contributed by atoms with Gasteiger partial charge in [-0.3, -0.25) is 9.59 Å². The van der Waals surface area contributed by atoms with Gasteiger partial charge in [0.15, 0.2) is 5.78 Å². The number of benzene rings is 1. The molecule has 0 aromatic heterocycles. The van der Waals surface area contributed by atoms with Crippen LogP contribution in [-0.2, 0) is 4.79 Å². The molecule has 0 atom stereocenters. The van der Waals surface area contributed by atoms with Crippen molar-refractivity contribution in [2.45, 2.75) is 6.92 Å². The standard InChI is InChI=1S/C10H11NO3.Na/c1-7(12)8-4-2-3-5-9(8)11-6-10(13)14;/h2-5,11H,6H2,1H3,(H,13,14);/q;+1. The predicted octanol–water partition coefficient (Wildman–Crippen LogP) is -1.61. The van der Waals surface area contributed by atoms with E-state index in [4.69, 9.17) is 5.11 Å². The fourth-order valence-corrected chi connectivity index (χ4v) is 1.12. The molecule has 5 heteroatoms. The molecule has 0 heterocycles. The second-order valence-electron chi connectivity index (χ2n) is 2.85. The van der Waals surface area contributed by atoms with Crippen LogP contribution in [0.5, 0.6) is 0 Å². The third-order valence-electron chi connectivity index (χ3n) is 1.74. The number of anilines is 1. The zero-order valence-electron chi connectivity index (χ0n) is 8.78. The van der Waals surface area contributed by atoms with Crippen molar-refractivity contribution in [1.29, 1.82) is 0 Å². The number of nitrogens with one attached hydrogen (secondary N) is 1. The topological polar surface area (TPSA) is 66.4 Å².